The van der Waals surface area contributed by atoms with Gasteiger partial charge in [0, 0.05) is 0 Å². The van der Waals surface area contributed by atoms with Crippen LogP contribution in [0.4, 0.5) is 4.39 Å². The van der Waals surface area contributed by atoms with Crippen LogP contribution >= 0.6 is 0 Å². The molecular weight excluding hydrogens is 199 g/mol. The molecule has 3 nitrogen and oxygen atoms in total. The maximum atomic E-state index is 13.7. The Hall–Kier alpha value is -1.45. The van der Waals surface area contributed by atoms with Crippen LogP contribution in [0, 0.1) is 0 Å². The van der Waals surface area contributed by atoms with E-state index < -0.39 is 5.67 Å². The predicted octanol–water partition coefficient (Wildman–Crippen LogP) is 2.37. The zero-order chi connectivity index (χ0) is 11.1. The van der Waals surface area contributed by atoms with E-state index in [0.717, 1.165) is 0 Å². The van der Waals surface area contributed by atoms with Crippen molar-refractivity contribution >= 4 is 0 Å². The Labute approximate surface area is 87.4 Å². The Morgan fingerprint density at radius 2 is 1.93 bits per heavy atom. The lowest BCUT2D eigenvalue weighted by Crippen LogP contribution is -2.17. The number of ether oxygens (including phenoxy) is 2. The van der Waals surface area contributed by atoms with Gasteiger partial charge in [-0.25, -0.2) is 4.39 Å². The summed E-state index contributed by atoms with van der Waals surface area (Å²) in [4.78, 5) is 0. The van der Waals surface area contributed by atoms with Crippen molar-refractivity contribution in [3.8, 4) is 17.2 Å². The van der Waals surface area contributed by atoms with Gasteiger partial charge in [0.25, 0.3) is 0 Å². The van der Waals surface area contributed by atoms with E-state index in [1.54, 1.807) is 6.07 Å². The lowest BCUT2D eigenvalue weighted by atomic mass is 9.99. The summed E-state index contributed by atoms with van der Waals surface area (Å²) in [5, 5.41) is 9.63. The largest absolute Gasteiger partial charge is 0.504 e. The molecule has 1 N–H and O–H groups in total. The molecule has 0 saturated heterocycles. The van der Waals surface area contributed by atoms with Crippen LogP contribution < -0.4 is 9.47 Å². The maximum Gasteiger partial charge on any atom is 0.203 e. The van der Waals surface area contributed by atoms with Crippen LogP contribution in [0.15, 0.2) is 12.1 Å². The Bertz CT molecular complexity index is 382. The molecule has 2 rings (SSSR count). The monoisotopic (exact) mass is 212 g/mol. The van der Waals surface area contributed by atoms with E-state index >= 15 is 0 Å². The van der Waals surface area contributed by atoms with Gasteiger partial charge in [0.2, 0.25) is 5.75 Å². The van der Waals surface area contributed by atoms with E-state index in [0.29, 0.717) is 30.3 Å². The van der Waals surface area contributed by atoms with E-state index in [2.05, 4.69) is 0 Å². The van der Waals surface area contributed by atoms with Crippen LogP contribution in [-0.4, -0.2) is 18.3 Å². The molecule has 0 spiro atoms. The Morgan fingerprint density at radius 1 is 1.27 bits per heavy atom. The molecule has 4 heteroatoms. The summed E-state index contributed by atoms with van der Waals surface area (Å²) in [6, 6.07) is 2.93. The summed E-state index contributed by atoms with van der Waals surface area (Å²) in [6.07, 6.45) is 0. The summed E-state index contributed by atoms with van der Waals surface area (Å²) in [7, 11) is 0. The fourth-order valence-electron chi connectivity index (χ4n) is 1.48. The molecule has 0 amide bonds. The maximum absolute atomic E-state index is 13.7. The SMILES string of the molecule is CC(C)(F)c1cc(O)c2c(c1)OCCO2. The molecule has 1 aromatic carbocycles. The van der Waals surface area contributed by atoms with Gasteiger partial charge in [-0.05, 0) is 31.5 Å². The van der Waals surface area contributed by atoms with Crippen molar-refractivity contribution in [2.45, 2.75) is 19.5 Å². The van der Waals surface area contributed by atoms with E-state index in [9.17, 15) is 9.50 Å². The molecule has 0 saturated carbocycles. The molecule has 1 heterocycles. The first-order valence-corrected chi connectivity index (χ1v) is 4.80. The van der Waals surface area contributed by atoms with E-state index in [4.69, 9.17) is 9.47 Å². The van der Waals surface area contributed by atoms with Crippen LogP contribution in [0.1, 0.15) is 19.4 Å². The fourth-order valence-corrected chi connectivity index (χ4v) is 1.48. The number of phenolic OH excluding ortho intramolecular Hbond substituents is 1. The van der Waals surface area contributed by atoms with E-state index in [1.807, 2.05) is 0 Å². The highest BCUT2D eigenvalue weighted by Gasteiger charge is 2.25. The standard InChI is InChI=1S/C11H13FO3/c1-11(2,12)7-5-8(13)10-9(6-7)14-3-4-15-10/h5-6,13H,3-4H2,1-2H3. The topological polar surface area (TPSA) is 38.7 Å². The highest BCUT2D eigenvalue weighted by molar-refractivity contribution is 5.54. The summed E-state index contributed by atoms with van der Waals surface area (Å²) >= 11 is 0. The number of hydrogen-bond acceptors (Lipinski definition) is 3. The molecule has 1 aliphatic rings. The van der Waals surface area contributed by atoms with Crippen LogP contribution in [0.2, 0.25) is 0 Å². The van der Waals surface area contributed by atoms with Crippen molar-refractivity contribution < 1.29 is 19.0 Å². The number of halogens is 1. The molecule has 0 radical (unpaired) electrons. The molecule has 0 aromatic heterocycles. The molecule has 0 bridgehead atoms. The van der Waals surface area contributed by atoms with Gasteiger partial charge in [0.15, 0.2) is 11.5 Å². The molecule has 82 valence electrons. The smallest absolute Gasteiger partial charge is 0.203 e. The molecule has 1 aromatic rings. The molecule has 1 aliphatic heterocycles. The first kappa shape index (κ1) is 10.1. The van der Waals surface area contributed by atoms with Gasteiger partial charge in [-0.1, -0.05) is 0 Å². The third kappa shape index (κ3) is 1.84. The second-order valence-electron chi connectivity index (χ2n) is 3.99. The normalized spacial score (nSPS) is 15.1. The van der Waals surface area contributed by atoms with Crippen molar-refractivity contribution in [3.63, 3.8) is 0 Å². The summed E-state index contributed by atoms with van der Waals surface area (Å²) in [5.74, 6) is 0.629. The quantitative estimate of drug-likeness (QED) is 0.776. The second kappa shape index (κ2) is 3.29. The third-order valence-corrected chi connectivity index (χ3v) is 2.31. The van der Waals surface area contributed by atoms with Crippen molar-refractivity contribution in [2.75, 3.05) is 13.2 Å². The number of hydrogen-bond donors (Lipinski definition) is 1. The van der Waals surface area contributed by atoms with Gasteiger partial charge >= 0.3 is 0 Å². The molecular formula is C11H13FO3. The number of aromatic hydroxyl groups is 1. The Morgan fingerprint density at radius 3 is 2.60 bits per heavy atom. The number of rotatable bonds is 1. The first-order valence-electron chi connectivity index (χ1n) is 4.80. The zero-order valence-corrected chi connectivity index (χ0v) is 8.71. The van der Waals surface area contributed by atoms with Crippen LogP contribution in [0.5, 0.6) is 17.2 Å². The molecule has 0 unspecified atom stereocenters. The van der Waals surface area contributed by atoms with Crippen LogP contribution in [-0.2, 0) is 5.67 Å². The summed E-state index contributed by atoms with van der Waals surface area (Å²) in [6.45, 7) is 3.68. The fraction of sp³-hybridized carbons (Fsp3) is 0.455. The van der Waals surface area contributed by atoms with Gasteiger partial charge in [-0.3, -0.25) is 0 Å². The van der Waals surface area contributed by atoms with Crippen molar-refractivity contribution in [1.82, 2.24) is 0 Å². The first-order chi connectivity index (χ1) is 6.98. The highest BCUT2D eigenvalue weighted by atomic mass is 19.1. The molecule has 0 fully saturated rings. The molecule has 15 heavy (non-hydrogen) atoms. The molecule has 0 aliphatic carbocycles. The van der Waals surface area contributed by atoms with Crippen LogP contribution in [0.3, 0.4) is 0 Å². The van der Waals surface area contributed by atoms with E-state index in [1.165, 1.54) is 19.9 Å². The number of phenols is 1. The van der Waals surface area contributed by atoms with Gasteiger partial charge in [0.1, 0.15) is 18.9 Å². The van der Waals surface area contributed by atoms with Crippen molar-refractivity contribution in [1.29, 1.82) is 0 Å². The highest BCUT2D eigenvalue weighted by Crippen LogP contribution is 2.42. The van der Waals surface area contributed by atoms with E-state index in [-0.39, 0.29) is 5.75 Å². The second-order valence-corrected chi connectivity index (χ2v) is 3.99. The van der Waals surface area contributed by atoms with Crippen molar-refractivity contribution in [2.24, 2.45) is 0 Å². The average Bonchev–Trinajstić information content (AvgIpc) is 2.16. The van der Waals surface area contributed by atoms with Gasteiger partial charge in [0.05, 0.1) is 0 Å². The number of fused-ring (bicyclic) bond motifs is 1. The van der Waals surface area contributed by atoms with Crippen molar-refractivity contribution in [3.05, 3.63) is 17.7 Å². The lowest BCUT2D eigenvalue weighted by Gasteiger charge is -2.22. The predicted molar refractivity (Wildman–Crippen MR) is 53.2 cm³/mol. The number of alkyl halides is 1. The Balaban J connectivity index is 2.50. The van der Waals surface area contributed by atoms with Crippen LogP contribution in [0.25, 0.3) is 0 Å². The Kier molecular flexibility index (Phi) is 2.21. The minimum atomic E-state index is -1.51. The van der Waals surface area contributed by atoms with Gasteiger partial charge in [-0.15, -0.1) is 0 Å². The number of benzene rings is 1. The summed E-state index contributed by atoms with van der Waals surface area (Å²) < 4.78 is 24.2. The summed E-state index contributed by atoms with van der Waals surface area (Å²) in [5.41, 5.74) is -1.13. The van der Waals surface area contributed by atoms with Gasteiger partial charge in [-0.2, -0.15) is 0 Å². The molecule has 0 atom stereocenters. The average molecular weight is 212 g/mol. The minimum Gasteiger partial charge on any atom is -0.504 e. The lowest BCUT2D eigenvalue weighted by molar-refractivity contribution is 0.163. The minimum absolute atomic E-state index is 0.0760. The van der Waals surface area contributed by atoms with Gasteiger partial charge < -0.3 is 14.6 Å². The third-order valence-electron chi connectivity index (χ3n) is 2.31. The zero-order valence-electron chi connectivity index (χ0n) is 8.71.